The molecule has 1 atom stereocenters. The lowest BCUT2D eigenvalue weighted by atomic mass is 10.0. The van der Waals surface area contributed by atoms with E-state index >= 15 is 0 Å². The predicted molar refractivity (Wildman–Crippen MR) is 85.1 cm³/mol. The van der Waals surface area contributed by atoms with Crippen LogP contribution in [-0.4, -0.2) is 19.1 Å². The molecule has 0 spiro atoms. The summed E-state index contributed by atoms with van der Waals surface area (Å²) in [6.07, 6.45) is 0.925. The number of benzene rings is 2. The first-order chi connectivity index (χ1) is 10.2. The van der Waals surface area contributed by atoms with Crippen LogP contribution in [0, 0.1) is 5.82 Å². The van der Waals surface area contributed by atoms with Gasteiger partial charge in [0, 0.05) is 31.4 Å². The van der Waals surface area contributed by atoms with Gasteiger partial charge >= 0.3 is 0 Å². The largest absolute Gasteiger partial charge is 0.367 e. The second-order valence-corrected chi connectivity index (χ2v) is 5.68. The van der Waals surface area contributed by atoms with E-state index < -0.39 is 0 Å². The van der Waals surface area contributed by atoms with E-state index in [1.54, 1.807) is 12.1 Å². The van der Waals surface area contributed by atoms with E-state index in [1.165, 1.54) is 16.8 Å². The molecule has 2 aromatic rings. The molecule has 1 aliphatic rings. The standard InChI is InChI=1S/C18H21FN2/c1-14(12-15-6-8-17(19)9-7-15)21-11-10-20-13-16-4-2-3-5-18(16)21/h2-9,14,20H,10-13H2,1H3. The van der Waals surface area contributed by atoms with Crippen LogP contribution < -0.4 is 10.2 Å². The molecule has 0 amide bonds. The zero-order valence-electron chi connectivity index (χ0n) is 12.3. The summed E-state index contributed by atoms with van der Waals surface area (Å²) in [6.45, 7) is 5.16. The Labute approximate surface area is 125 Å². The first kappa shape index (κ1) is 14.1. The van der Waals surface area contributed by atoms with Crippen LogP contribution in [0.4, 0.5) is 10.1 Å². The quantitative estimate of drug-likeness (QED) is 0.929. The highest BCUT2D eigenvalue weighted by Crippen LogP contribution is 2.25. The van der Waals surface area contributed by atoms with Gasteiger partial charge in [0.2, 0.25) is 0 Å². The maximum Gasteiger partial charge on any atom is 0.123 e. The zero-order valence-corrected chi connectivity index (χ0v) is 12.3. The number of nitrogens with zero attached hydrogens (tertiary/aromatic N) is 1. The van der Waals surface area contributed by atoms with E-state index in [9.17, 15) is 4.39 Å². The monoisotopic (exact) mass is 284 g/mol. The number of para-hydroxylation sites is 1. The smallest absolute Gasteiger partial charge is 0.123 e. The lowest BCUT2D eigenvalue weighted by Crippen LogP contribution is -2.37. The summed E-state index contributed by atoms with van der Waals surface area (Å²) in [5.41, 5.74) is 3.84. The Balaban J connectivity index is 1.80. The minimum atomic E-state index is -0.171. The molecule has 0 radical (unpaired) electrons. The van der Waals surface area contributed by atoms with Gasteiger partial charge in [0.25, 0.3) is 0 Å². The molecule has 0 saturated carbocycles. The van der Waals surface area contributed by atoms with Crippen LogP contribution in [-0.2, 0) is 13.0 Å². The molecule has 3 rings (SSSR count). The second-order valence-electron chi connectivity index (χ2n) is 5.68. The van der Waals surface area contributed by atoms with Crippen molar-refractivity contribution in [2.75, 3.05) is 18.0 Å². The van der Waals surface area contributed by atoms with Crippen molar-refractivity contribution in [2.45, 2.75) is 25.9 Å². The predicted octanol–water partition coefficient (Wildman–Crippen LogP) is 3.37. The molecule has 0 aliphatic carbocycles. The Bertz CT molecular complexity index is 594. The SMILES string of the molecule is CC(Cc1ccc(F)cc1)N1CCNCc2ccccc21. The molecule has 0 aromatic heterocycles. The maximum atomic E-state index is 13.0. The average Bonchev–Trinajstić information content (AvgIpc) is 2.72. The zero-order chi connectivity index (χ0) is 14.7. The van der Waals surface area contributed by atoms with Gasteiger partial charge in [-0.3, -0.25) is 0 Å². The number of nitrogens with one attached hydrogen (secondary N) is 1. The Morgan fingerprint density at radius 1 is 1.14 bits per heavy atom. The molecule has 0 bridgehead atoms. The van der Waals surface area contributed by atoms with Crippen molar-refractivity contribution in [1.82, 2.24) is 5.32 Å². The van der Waals surface area contributed by atoms with Crippen LogP contribution in [0.5, 0.6) is 0 Å². The summed E-state index contributed by atoms with van der Waals surface area (Å²) < 4.78 is 13.0. The van der Waals surface area contributed by atoms with Gasteiger partial charge in [0.05, 0.1) is 0 Å². The molecule has 110 valence electrons. The van der Waals surface area contributed by atoms with E-state index in [-0.39, 0.29) is 5.82 Å². The molecule has 0 fully saturated rings. The molecule has 2 aromatic carbocycles. The Morgan fingerprint density at radius 3 is 2.71 bits per heavy atom. The van der Waals surface area contributed by atoms with Gasteiger partial charge in [-0.1, -0.05) is 30.3 Å². The summed E-state index contributed by atoms with van der Waals surface area (Å²) in [5.74, 6) is -0.171. The van der Waals surface area contributed by atoms with Gasteiger partial charge in [-0.25, -0.2) is 4.39 Å². The number of rotatable bonds is 3. The lowest BCUT2D eigenvalue weighted by molar-refractivity contribution is 0.608. The molecule has 21 heavy (non-hydrogen) atoms. The van der Waals surface area contributed by atoms with Crippen molar-refractivity contribution in [3.8, 4) is 0 Å². The number of anilines is 1. The summed E-state index contributed by atoms with van der Waals surface area (Å²) in [6, 6.07) is 15.8. The van der Waals surface area contributed by atoms with Crippen molar-refractivity contribution in [3.05, 3.63) is 65.5 Å². The van der Waals surface area contributed by atoms with Crippen molar-refractivity contribution >= 4 is 5.69 Å². The molecule has 1 unspecified atom stereocenters. The lowest BCUT2D eigenvalue weighted by Gasteiger charge is -2.31. The highest BCUT2D eigenvalue weighted by atomic mass is 19.1. The fourth-order valence-corrected chi connectivity index (χ4v) is 3.01. The number of halogens is 1. The fraction of sp³-hybridized carbons (Fsp3) is 0.333. The highest BCUT2D eigenvalue weighted by Gasteiger charge is 2.19. The van der Waals surface area contributed by atoms with Crippen molar-refractivity contribution in [3.63, 3.8) is 0 Å². The van der Waals surface area contributed by atoms with Crippen LogP contribution in [0.3, 0.4) is 0 Å². The van der Waals surface area contributed by atoms with E-state index in [0.29, 0.717) is 6.04 Å². The molecular weight excluding hydrogens is 263 g/mol. The van der Waals surface area contributed by atoms with Crippen molar-refractivity contribution in [1.29, 1.82) is 0 Å². The summed E-state index contributed by atoms with van der Waals surface area (Å²) in [5, 5.41) is 3.47. The van der Waals surface area contributed by atoms with Gasteiger partial charge in [-0.05, 0) is 42.7 Å². The summed E-state index contributed by atoms with van der Waals surface area (Å²) >= 11 is 0. The second kappa shape index (κ2) is 6.27. The molecule has 1 N–H and O–H groups in total. The van der Waals surface area contributed by atoms with E-state index in [1.807, 2.05) is 12.1 Å². The Hall–Kier alpha value is -1.87. The highest BCUT2D eigenvalue weighted by molar-refractivity contribution is 5.55. The Morgan fingerprint density at radius 2 is 1.90 bits per heavy atom. The third kappa shape index (κ3) is 3.24. The van der Waals surface area contributed by atoms with E-state index in [4.69, 9.17) is 0 Å². The first-order valence-electron chi connectivity index (χ1n) is 7.54. The average molecular weight is 284 g/mol. The van der Waals surface area contributed by atoms with Crippen LogP contribution in [0.2, 0.25) is 0 Å². The minimum absolute atomic E-state index is 0.171. The van der Waals surface area contributed by atoms with Gasteiger partial charge in [0.15, 0.2) is 0 Å². The Kier molecular flexibility index (Phi) is 4.20. The van der Waals surface area contributed by atoms with Gasteiger partial charge in [0.1, 0.15) is 5.82 Å². The van der Waals surface area contributed by atoms with E-state index in [0.717, 1.165) is 26.1 Å². The maximum absolute atomic E-state index is 13.0. The van der Waals surface area contributed by atoms with Crippen molar-refractivity contribution < 1.29 is 4.39 Å². The topological polar surface area (TPSA) is 15.3 Å². The molecule has 2 nitrogen and oxygen atoms in total. The van der Waals surface area contributed by atoms with Crippen LogP contribution >= 0.6 is 0 Å². The minimum Gasteiger partial charge on any atom is -0.367 e. The van der Waals surface area contributed by atoms with Gasteiger partial charge in [-0.2, -0.15) is 0 Å². The molecule has 0 saturated heterocycles. The first-order valence-corrected chi connectivity index (χ1v) is 7.54. The van der Waals surface area contributed by atoms with Crippen LogP contribution in [0.1, 0.15) is 18.1 Å². The fourth-order valence-electron chi connectivity index (χ4n) is 3.01. The molecule has 3 heteroatoms. The van der Waals surface area contributed by atoms with Crippen LogP contribution in [0.15, 0.2) is 48.5 Å². The third-order valence-corrected chi connectivity index (χ3v) is 4.12. The number of fused-ring (bicyclic) bond motifs is 1. The summed E-state index contributed by atoms with van der Waals surface area (Å²) in [4.78, 5) is 2.46. The van der Waals surface area contributed by atoms with Gasteiger partial charge < -0.3 is 10.2 Å². The molecule has 1 aliphatic heterocycles. The third-order valence-electron chi connectivity index (χ3n) is 4.12. The van der Waals surface area contributed by atoms with Gasteiger partial charge in [-0.15, -0.1) is 0 Å². The normalized spacial score (nSPS) is 16.2. The van der Waals surface area contributed by atoms with E-state index in [2.05, 4.69) is 41.4 Å². The summed E-state index contributed by atoms with van der Waals surface area (Å²) in [7, 11) is 0. The number of hydrogen-bond donors (Lipinski definition) is 1. The molecule has 1 heterocycles. The van der Waals surface area contributed by atoms with Crippen LogP contribution in [0.25, 0.3) is 0 Å². The molecular formula is C18H21FN2. The van der Waals surface area contributed by atoms with Crippen molar-refractivity contribution in [2.24, 2.45) is 0 Å². The number of hydrogen-bond acceptors (Lipinski definition) is 2.